The van der Waals surface area contributed by atoms with Gasteiger partial charge >= 0.3 is 0 Å². The van der Waals surface area contributed by atoms with Gasteiger partial charge in [-0.05, 0) is 24.6 Å². The fourth-order valence-corrected chi connectivity index (χ4v) is 4.34. The van der Waals surface area contributed by atoms with Crippen LogP contribution in [0.25, 0.3) is 0 Å². The number of nitrogens with zero attached hydrogens (tertiary/aromatic N) is 5. The Labute approximate surface area is 160 Å². The van der Waals surface area contributed by atoms with E-state index < -0.39 is 10.0 Å². The molecule has 1 aromatic heterocycles. The Morgan fingerprint density at radius 3 is 2.65 bits per heavy atom. The van der Waals surface area contributed by atoms with Crippen molar-refractivity contribution in [1.82, 2.24) is 19.7 Å². The highest BCUT2D eigenvalue weighted by Gasteiger charge is 2.21. The highest BCUT2D eigenvalue weighted by molar-refractivity contribution is 7.99. The molecule has 0 amide bonds. The third kappa shape index (κ3) is 4.66. The minimum atomic E-state index is -3.99. The first-order valence-electron chi connectivity index (χ1n) is 7.15. The van der Waals surface area contributed by atoms with E-state index in [0.717, 1.165) is 11.8 Å². The Bertz CT molecular complexity index is 974. The van der Waals surface area contributed by atoms with Crippen LogP contribution in [0.15, 0.2) is 21.9 Å². The van der Waals surface area contributed by atoms with E-state index >= 15 is 0 Å². The number of nitriles is 1. The molecule has 0 aliphatic heterocycles. The van der Waals surface area contributed by atoms with Crippen molar-refractivity contribution in [2.24, 2.45) is 0 Å². The molecule has 138 valence electrons. The third-order valence-corrected chi connectivity index (χ3v) is 6.00. The number of anilines is 2. The highest BCUT2D eigenvalue weighted by Crippen LogP contribution is 2.33. The molecule has 0 aliphatic carbocycles. The molecule has 9 nitrogen and oxygen atoms in total. The summed E-state index contributed by atoms with van der Waals surface area (Å²) in [6, 6.07) is 2.95. The molecule has 0 saturated heterocycles. The first kappa shape index (κ1) is 20.0. The second-order valence-corrected chi connectivity index (χ2v) is 8.43. The summed E-state index contributed by atoms with van der Waals surface area (Å²) >= 11 is 7.29. The summed E-state index contributed by atoms with van der Waals surface area (Å²) in [5.74, 6) is 1.09. The highest BCUT2D eigenvalue weighted by atomic mass is 35.5. The second-order valence-electron chi connectivity index (χ2n) is 5.36. The molecule has 3 N–H and O–H groups in total. The predicted octanol–water partition coefficient (Wildman–Crippen LogP) is 1.53. The zero-order chi connectivity index (χ0) is 19.5. The first-order chi connectivity index (χ1) is 12.1. The van der Waals surface area contributed by atoms with Gasteiger partial charge in [0.2, 0.25) is 11.9 Å². The van der Waals surface area contributed by atoms with E-state index in [1.807, 2.05) is 4.72 Å². The molecule has 0 unspecified atom stereocenters. The van der Waals surface area contributed by atoms with Crippen LogP contribution in [-0.4, -0.2) is 37.5 Å². The van der Waals surface area contributed by atoms with Crippen molar-refractivity contribution in [3.63, 3.8) is 0 Å². The lowest BCUT2D eigenvalue weighted by atomic mass is 10.2. The van der Waals surface area contributed by atoms with E-state index in [1.54, 1.807) is 25.9 Å². The number of rotatable bonds is 6. The van der Waals surface area contributed by atoms with Crippen molar-refractivity contribution in [3.05, 3.63) is 28.5 Å². The van der Waals surface area contributed by atoms with E-state index in [-0.39, 0.29) is 16.6 Å². The van der Waals surface area contributed by atoms with Crippen molar-refractivity contribution >= 4 is 45.3 Å². The Kier molecular flexibility index (Phi) is 6.12. The number of hydrogen-bond acceptors (Lipinski definition) is 9. The summed E-state index contributed by atoms with van der Waals surface area (Å²) in [7, 11) is -0.456. The van der Waals surface area contributed by atoms with E-state index in [4.69, 9.17) is 22.6 Å². The van der Waals surface area contributed by atoms with Crippen molar-refractivity contribution in [2.75, 3.05) is 24.7 Å². The Balaban J connectivity index is 2.39. The van der Waals surface area contributed by atoms with Crippen LogP contribution in [0.1, 0.15) is 11.4 Å². The van der Waals surface area contributed by atoms with Crippen LogP contribution in [0.5, 0.6) is 0 Å². The van der Waals surface area contributed by atoms with E-state index in [0.29, 0.717) is 27.3 Å². The summed E-state index contributed by atoms with van der Waals surface area (Å²) in [4.78, 5) is 14.3. The van der Waals surface area contributed by atoms with Crippen LogP contribution in [0, 0.1) is 18.4 Å². The summed E-state index contributed by atoms with van der Waals surface area (Å²) in [6.45, 7) is 1.68. The Hall–Kier alpha value is -2.29. The van der Waals surface area contributed by atoms with E-state index in [1.165, 1.54) is 18.3 Å². The summed E-state index contributed by atoms with van der Waals surface area (Å²) in [5, 5.41) is 9.09. The lowest BCUT2D eigenvalue weighted by Crippen LogP contribution is -2.19. The van der Waals surface area contributed by atoms with E-state index in [9.17, 15) is 8.42 Å². The Morgan fingerprint density at radius 1 is 1.35 bits per heavy atom. The summed E-state index contributed by atoms with van der Waals surface area (Å²) in [5.41, 5.74) is 6.27. The lowest BCUT2D eigenvalue weighted by molar-refractivity contribution is 0.589. The number of aromatic nitrogens is 3. The summed E-state index contributed by atoms with van der Waals surface area (Å²) < 4.78 is 26.3. The average molecular weight is 414 g/mol. The van der Waals surface area contributed by atoms with Crippen LogP contribution in [-0.2, 0) is 15.8 Å². The maximum absolute atomic E-state index is 12.3. The topological polar surface area (TPSA) is 138 Å². The number of hydrogen-bond donors (Lipinski definition) is 2. The van der Waals surface area contributed by atoms with Crippen LogP contribution >= 0.6 is 23.4 Å². The largest absolute Gasteiger partial charge is 0.368 e. The molecular formula is C14H16ClN7O2S2. The van der Waals surface area contributed by atoms with Crippen LogP contribution in [0.2, 0.25) is 5.02 Å². The Morgan fingerprint density at radius 2 is 2.04 bits per heavy atom. The first-order valence-corrected chi connectivity index (χ1v) is 10.0. The molecule has 0 bridgehead atoms. The zero-order valence-corrected chi connectivity index (χ0v) is 16.6. The minimum Gasteiger partial charge on any atom is -0.368 e. The molecule has 1 aromatic carbocycles. The normalized spacial score (nSPS) is 11.0. The van der Waals surface area contributed by atoms with Crippen molar-refractivity contribution in [2.45, 2.75) is 22.5 Å². The number of aryl methyl sites for hydroxylation is 1. The number of nitrogens with two attached hydrogens (primary N) is 1. The van der Waals surface area contributed by atoms with Crippen LogP contribution < -0.4 is 15.4 Å². The quantitative estimate of drug-likeness (QED) is 0.410. The van der Waals surface area contributed by atoms with E-state index in [2.05, 4.69) is 15.0 Å². The predicted molar refractivity (Wildman–Crippen MR) is 100 cm³/mol. The van der Waals surface area contributed by atoms with Gasteiger partial charge in [0.05, 0.1) is 5.75 Å². The fraction of sp³-hybridized carbons (Fsp3) is 0.286. The molecule has 26 heavy (non-hydrogen) atoms. The van der Waals surface area contributed by atoms with Crippen molar-refractivity contribution in [3.8, 4) is 6.19 Å². The number of halogens is 1. The second kappa shape index (κ2) is 7.94. The van der Waals surface area contributed by atoms with Gasteiger partial charge in [-0.1, -0.05) is 11.6 Å². The number of sulfonamides is 1. The maximum atomic E-state index is 12.3. The van der Waals surface area contributed by atoms with Gasteiger partial charge in [-0.2, -0.15) is 20.2 Å². The molecule has 1 heterocycles. The minimum absolute atomic E-state index is 0.0409. The molecular weight excluding hydrogens is 398 g/mol. The monoisotopic (exact) mass is 413 g/mol. The van der Waals surface area contributed by atoms with Gasteiger partial charge in [-0.25, -0.2) is 13.1 Å². The number of benzene rings is 1. The lowest BCUT2D eigenvalue weighted by Gasteiger charge is -2.13. The SMILES string of the molecule is Cc1cc(S(=O)(=O)NC#N)c(SCc2nc(N)nc(N(C)C)n2)cc1Cl. The molecule has 0 atom stereocenters. The molecule has 0 aliphatic rings. The summed E-state index contributed by atoms with van der Waals surface area (Å²) in [6.07, 6.45) is 1.43. The van der Waals surface area contributed by atoms with Crippen molar-refractivity contribution in [1.29, 1.82) is 5.26 Å². The molecule has 0 spiro atoms. The molecule has 2 rings (SSSR count). The smallest absolute Gasteiger partial charge is 0.271 e. The number of thioether (sulfide) groups is 1. The van der Waals surface area contributed by atoms with Gasteiger partial charge in [-0.15, -0.1) is 11.8 Å². The fourth-order valence-electron chi connectivity index (χ4n) is 1.91. The third-order valence-electron chi connectivity index (χ3n) is 3.14. The maximum Gasteiger partial charge on any atom is 0.271 e. The molecule has 0 radical (unpaired) electrons. The standard InChI is InChI=1S/C14H16ClN7O2S2/c1-8-4-11(26(23,24)18-7-16)10(5-9(8)15)25-6-12-19-13(17)21-14(20-12)22(2)3/h4-5,18H,6H2,1-3H3,(H2,17,19,20,21). The van der Waals surface area contributed by atoms with Gasteiger partial charge in [0.1, 0.15) is 10.7 Å². The van der Waals surface area contributed by atoms with Gasteiger partial charge < -0.3 is 10.6 Å². The zero-order valence-electron chi connectivity index (χ0n) is 14.2. The van der Waals surface area contributed by atoms with Crippen LogP contribution in [0.3, 0.4) is 0 Å². The average Bonchev–Trinajstić information content (AvgIpc) is 2.54. The van der Waals surface area contributed by atoms with Crippen molar-refractivity contribution < 1.29 is 8.42 Å². The van der Waals surface area contributed by atoms with Crippen LogP contribution in [0.4, 0.5) is 11.9 Å². The van der Waals surface area contributed by atoms with Gasteiger partial charge in [0, 0.05) is 24.0 Å². The number of nitrogen functional groups attached to an aromatic ring is 1. The molecule has 0 fully saturated rings. The molecule has 12 heteroatoms. The van der Waals surface area contributed by atoms with Gasteiger partial charge in [0.25, 0.3) is 10.0 Å². The van der Waals surface area contributed by atoms with Gasteiger partial charge in [0.15, 0.2) is 6.19 Å². The molecule has 0 saturated carbocycles. The molecule has 2 aromatic rings. The number of nitrogens with one attached hydrogen (secondary N) is 1. The van der Waals surface area contributed by atoms with Gasteiger partial charge in [-0.3, -0.25) is 0 Å².